The summed E-state index contributed by atoms with van der Waals surface area (Å²) in [5.74, 6) is 0. The molecule has 1 heterocycles. The molecule has 1 saturated carbocycles. The quantitative estimate of drug-likeness (QED) is 0.895. The van der Waals surface area contributed by atoms with Gasteiger partial charge < -0.3 is 10.1 Å². The van der Waals surface area contributed by atoms with Crippen LogP contribution < -0.4 is 5.32 Å². The zero-order valence-corrected chi connectivity index (χ0v) is 13.9. The van der Waals surface area contributed by atoms with Gasteiger partial charge in [-0.3, -0.25) is 0 Å². The minimum atomic E-state index is 0. The fourth-order valence-electron chi connectivity index (χ4n) is 3.63. The number of ether oxygens (including phenoxy) is 1. The summed E-state index contributed by atoms with van der Waals surface area (Å²) in [7, 11) is 0. The van der Waals surface area contributed by atoms with Crippen LogP contribution in [-0.4, -0.2) is 26.3 Å². The number of fused-ring (bicyclic) bond motifs is 1. The first-order valence-electron chi connectivity index (χ1n) is 6.88. The van der Waals surface area contributed by atoms with Gasteiger partial charge in [0.2, 0.25) is 0 Å². The van der Waals surface area contributed by atoms with Crippen LogP contribution in [-0.2, 0) is 10.2 Å². The third kappa shape index (κ3) is 2.46. The second kappa shape index (κ2) is 6.02. The van der Waals surface area contributed by atoms with Gasteiger partial charge in [0.15, 0.2) is 0 Å². The summed E-state index contributed by atoms with van der Waals surface area (Å²) in [6.45, 7) is 5.76. The van der Waals surface area contributed by atoms with Gasteiger partial charge >= 0.3 is 0 Å². The molecule has 1 N–H and O–H groups in total. The van der Waals surface area contributed by atoms with E-state index >= 15 is 0 Å². The Bertz CT molecular complexity index is 496. The predicted octanol–water partition coefficient (Wildman–Crippen LogP) is 4.07. The number of halogens is 3. The molecule has 0 amide bonds. The molecular weight excluding hydrogens is 317 g/mol. The van der Waals surface area contributed by atoms with Gasteiger partial charge in [-0.1, -0.05) is 29.3 Å². The molecule has 1 aliphatic carbocycles. The van der Waals surface area contributed by atoms with E-state index in [9.17, 15) is 0 Å². The number of benzene rings is 1. The lowest BCUT2D eigenvalue weighted by molar-refractivity contribution is 0.0817. The van der Waals surface area contributed by atoms with Crippen LogP contribution in [0.5, 0.6) is 0 Å². The molecule has 2 aliphatic rings. The first-order valence-corrected chi connectivity index (χ1v) is 7.63. The van der Waals surface area contributed by atoms with Crippen LogP contribution >= 0.6 is 35.6 Å². The van der Waals surface area contributed by atoms with Crippen LogP contribution in [0.2, 0.25) is 10.0 Å². The minimum Gasteiger partial charge on any atom is -0.381 e. The average Bonchev–Trinajstić information content (AvgIpc) is 3.10. The molecule has 0 spiro atoms. The number of rotatable bonds is 4. The molecule has 2 atom stereocenters. The van der Waals surface area contributed by atoms with Crippen LogP contribution in [0.3, 0.4) is 0 Å². The Morgan fingerprint density at radius 2 is 2.10 bits per heavy atom. The molecule has 1 aromatic carbocycles. The third-order valence-electron chi connectivity index (χ3n) is 4.78. The molecule has 1 aromatic rings. The Hall–Kier alpha value is 0.01000. The maximum Gasteiger partial charge on any atom is 0.0595 e. The Kier molecular flexibility index (Phi) is 4.93. The SMILES string of the molecule is CCOCC12CNCC[C@]1(c1ccc(Cl)c(Cl)c1)C2.Cl. The number of hydrogen-bond acceptors (Lipinski definition) is 2. The van der Waals surface area contributed by atoms with Crippen molar-refractivity contribution in [1.82, 2.24) is 5.32 Å². The van der Waals surface area contributed by atoms with Crippen LogP contribution in [0, 0.1) is 5.41 Å². The number of nitrogens with one attached hydrogen (secondary N) is 1. The second-order valence-electron chi connectivity index (χ2n) is 5.73. The van der Waals surface area contributed by atoms with Crippen molar-refractivity contribution in [3.8, 4) is 0 Å². The topological polar surface area (TPSA) is 21.3 Å². The molecule has 0 aromatic heterocycles. The summed E-state index contributed by atoms with van der Waals surface area (Å²) >= 11 is 12.2. The first kappa shape index (κ1) is 16.4. The molecule has 0 bridgehead atoms. The zero-order valence-electron chi connectivity index (χ0n) is 11.5. The molecule has 1 unspecified atom stereocenters. The van der Waals surface area contributed by atoms with Crippen molar-refractivity contribution in [2.24, 2.45) is 5.41 Å². The fraction of sp³-hybridized carbons (Fsp3) is 0.600. The summed E-state index contributed by atoms with van der Waals surface area (Å²) in [6.07, 6.45) is 2.34. The van der Waals surface area contributed by atoms with Crippen LogP contribution in [0.25, 0.3) is 0 Å². The van der Waals surface area contributed by atoms with Crippen molar-refractivity contribution in [1.29, 1.82) is 0 Å². The van der Waals surface area contributed by atoms with Gasteiger partial charge in [-0.05, 0) is 44.0 Å². The average molecular weight is 337 g/mol. The highest BCUT2D eigenvalue weighted by molar-refractivity contribution is 6.42. The summed E-state index contributed by atoms with van der Waals surface area (Å²) in [5, 5.41) is 4.80. The van der Waals surface area contributed by atoms with E-state index < -0.39 is 0 Å². The van der Waals surface area contributed by atoms with E-state index in [0.717, 1.165) is 32.7 Å². The van der Waals surface area contributed by atoms with Gasteiger partial charge in [-0.2, -0.15) is 0 Å². The Morgan fingerprint density at radius 1 is 1.30 bits per heavy atom. The first-order chi connectivity index (χ1) is 9.13. The largest absolute Gasteiger partial charge is 0.381 e. The maximum absolute atomic E-state index is 6.18. The lowest BCUT2D eigenvalue weighted by atomic mass is 9.81. The van der Waals surface area contributed by atoms with Crippen molar-refractivity contribution >= 4 is 35.6 Å². The molecule has 0 radical (unpaired) electrons. The molecule has 112 valence electrons. The third-order valence-corrected chi connectivity index (χ3v) is 5.52. The van der Waals surface area contributed by atoms with E-state index in [2.05, 4.69) is 18.3 Å². The van der Waals surface area contributed by atoms with Gasteiger partial charge in [-0.25, -0.2) is 0 Å². The van der Waals surface area contributed by atoms with Crippen LogP contribution in [0.15, 0.2) is 18.2 Å². The van der Waals surface area contributed by atoms with Crippen molar-refractivity contribution in [2.45, 2.75) is 25.2 Å². The van der Waals surface area contributed by atoms with E-state index in [1.807, 2.05) is 12.1 Å². The predicted molar refractivity (Wildman–Crippen MR) is 86.4 cm³/mol. The molecular formula is C15H20Cl3NO. The molecule has 1 aliphatic heterocycles. The summed E-state index contributed by atoms with van der Waals surface area (Å²) < 4.78 is 5.72. The molecule has 20 heavy (non-hydrogen) atoms. The fourth-order valence-corrected chi connectivity index (χ4v) is 3.93. The van der Waals surface area contributed by atoms with Crippen LogP contribution in [0.4, 0.5) is 0 Å². The van der Waals surface area contributed by atoms with Crippen molar-refractivity contribution < 1.29 is 4.74 Å². The van der Waals surface area contributed by atoms with E-state index in [-0.39, 0.29) is 23.2 Å². The van der Waals surface area contributed by atoms with Crippen LogP contribution in [0.1, 0.15) is 25.3 Å². The smallest absolute Gasteiger partial charge is 0.0595 e. The molecule has 5 heteroatoms. The van der Waals surface area contributed by atoms with E-state index in [0.29, 0.717) is 10.0 Å². The monoisotopic (exact) mass is 335 g/mol. The number of piperidine rings is 1. The summed E-state index contributed by atoms with van der Waals surface area (Å²) in [4.78, 5) is 0. The Labute approximate surface area is 136 Å². The molecule has 2 fully saturated rings. The van der Waals surface area contributed by atoms with Gasteiger partial charge in [0, 0.05) is 24.0 Å². The molecule has 3 rings (SSSR count). The molecule has 1 saturated heterocycles. The Morgan fingerprint density at radius 3 is 2.80 bits per heavy atom. The molecule has 2 nitrogen and oxygen atoms in total. The zero-order chi connectivity index (χ0) is 13.5. The van der Waals surface area contributed by atoms with Gasteiger partial charge in [0.1, 0.15) is 0 Å². The van der Waals surface area contributed by atoms with E-state index in [1.165, 1.54) is 12.0 Å². The lowest BCUT2D eigenvalue weighted by Crippen LogP contribution is -2.41. The number of hydrogen-bond donors (Lipinski definition) is 1. The summed E-state index contributed by atoms with van der Waals surface area (Å²) in [5.41, 5.74) is 1.81. The normalized spacial score (nSPS) is 31.4. The lowest BCUT2D eigenvalue weighted by Gasteiger charge is -2.31. The van der Waals surface area contributed by atoms with Gasteiger partial charge in [0.25, 0.3) is 0 Å². The van der Waals surface area contributed by atoms with Crippen molar-refractivity contribution in [3.05, 3.63) is 33.8 Å². The van der Waals surface area contributed by atoms with E-state index in [4.69, 9.17) is 27.9 Å². The van der Waals surface area contributed by atoms with Gasteiger partial charge in [0.05, 0.1) is 16.7 Å². The summed E-state index contributed by atoms with van der Waals surface area (Å²) in [6, 6.07) is 6.09. The van der Waals surface area contributed by atoms with E-state index in [1.54, 1.807) is 0 Å². The maximum atomic E-state index is 6.18. The standard InChI is InChI=1S/C15H19Cl2NO.ClH/c1-2-19-10-14-8-15(14,5-6-18-9-14)11-3-4-12(16)13(17)7-11;/h3-4,7,18H,2,5-6,8-10H2,1H3;1H/t14?,15-;/m1./s1. The van der Waals surface area contributed by atoms with Crippen molar-refractivity contribution in [2.75, 3.05) is 26.3 Å². The second-order valence-corrected chi connectivity index (χ2v) is 6.55. The van der Waals surface area contributed by atoms with Gasteiger partial charge in [-0.15, -0.1) is 12.4 Å². The highest BCUT2D eigenvalue weighted by atomic mass is 35.5. The Balaban J connectivity index is 0.00000147. The highest BCUT2D eigenvalue weighted by Gasteiger charge is 2.68. The highest BCUT2D eigenvalue weighted by Crippen LogP contribution is 2.67. The van der Waals surface area contributed by atoms with Crippen molar-refractivity contribution in [3.63, 3.8) is 0 Å². The minimum absolute atomic E-state index is 0.